The first-order valence-corrected chi connectivity index (χ1v) is 5.51. The van der Waals surface area contributed by atoms with Crippen LogP contribution in [0.4, 0.5) is 0 Å². The van der Waals surface area contributed by atoms with Crippen molar-refractivity contribution in [1.82, 2.24) is 0 Å². The first-order valence-electron chi connectivity index (χ1n) is 4.43. The molecule has 1 aromatic rings. The summed E-state index contributed by atoms with van der Waals surface area (Å²) >= 11 is 2.35. The van der Waals surface area contributed by atoms with Crippen LogP contribution >= 0.6 is 22.6 Å². The van der Waals surface area contributed by atoms with Crippen LogP contribution in [-0.4, -0.2) is 6.61 Å². The van der Waals surface area contributed by atoms with E-state index in [1.54, 1.807) is 0 Å². The summed E-state index contributed by atoms with van der Waals surface area (Å²) in [5.74, 6) is 0.977. The van der Waals surface area contributed by atoms with Gasteiger partial charge in [0.15, 0.2) is 0 Å². The molecule has 1 aliphatic heterocycles. The van der Waals surface area contributed by atoms with E-state index in [1.165, 1.54) is 14.7 Å². The van der Waals surface area contributed by atoms with Gasteiger partial charge in [0.2, 0.25) is 0 Å². The summed E-state index contributed by atoms with van der Waals surface area (Å²) in [4.78, 5) is 0. The number of hydrogen-bond acceptors (Lipinski definition) is 2. The van der Waals surface area contributed by atoms with Crippen molar-refractivity contribution in [2.24, 2.45) is 5.73 Å². The molecule has 1 aliphatic rings. The maximum Gasteiger partial charge on any atom is 0.124 e. The Labute approximate surface area is 91.6 Å². The number of hydrogen-bond donors (Lipinski definition) is 1. The van der Waals surface area contributed by atoms with Crippen molar-refractivity contribution in [3.05, 3.63) is 26.8 Å². The minimum absolute atomic E-state index is 0.0691. The highest BCUT2D eigenvalue weighted by Crippen LogP contribution is 2.36. The second-order valence-corrected chi connectivity index (χ2v) is 4.37. The smallest absolute Gasteiger partial charge is 0.124 e. The van der Waals surface area contributed by atoms with Gasteiger partial charge in [-0.05, 0) is 46.7 Å². The second-order valence-electron chi connectivity index (χ2n) is 3.21. The van der Waals surface area contributed by atoms with E-state index in [1.807, 2.05) is 6.07 Å². The van der Waals surface area contributed by atoms with Crippen molar-refractivity contribution in [3.8, 4) is 5.75 Å². The van der Waals surface area contributed by atoms with Crippen molar-refractivity contribution in [3.63, 3.8) is 0 Å². The highest BCUT2D eigenvalue weighted by molar-refractivity contribution is 14.1. The van der Waals surface area contributed by atoms with E-state index in [9.17, 15) is 0 Å². The van der Waals surface area contributed by atoms with Crippen LogP contribution in [0.3, 0.4) is 0 Å². The third kappa shape index (κ3) is 1.44. The largest absolute Gasteiger partial charge is 0.491 e. The molecule has 0 amide bonds. The number of benzene rings is 1. The molecule has 2 rings (SSSR count). The van der Waals surface area contributed by atoms with Crippen molar-refractivity contribution >= 4 is 22.6 Å². The fourth-order valence-corrected chi connectivity index (χ4v) is 2.62. The van der Waals surface area contributed by atoms with Crippen molar-refractivity contribution < 1.29 is 4.74 Å². The van der Waals surface area contributed by atoms with Crippen LogP contribution in [0, 0.1) is 3.57 Å². The number of fused-ring (bicyclic) bond motifs is 1. The molecular formula is C10H12INO. The van der Waals surface area contributed by atoms with Crippen LogP contribution in [0.15, 0.2) is 12.1 Å². The van der Waals surface area contributed by atoms with Gasteiger partial charge in [0.25, 0.3) is 0 Å². The molecule has 1 heterocycles. The van der Waals surface area contributed by atoms with E-state index in [0.29, 0.717) is 6.61 Å². The monoisotopic (exact) mass is 289 g/mol. The van der Waals surface area contributed by atoms with E-state index in [0.717, 1.165) is 12.2 Å². The molecular weight excluding hydrogens is 277 g/mol. The maximum atomic E-state index is 5.96. The molecule has 2 nitrogen and oxygen atoms in total. The van der Waals surface area contributed by atoms with Gasteiger partial charge in [-0.25, -0.2) is 0 Å². The van der Waals surface area contributed by atoms with E-state index >= 15 is 0 Å². The van der Waals surface area contributed by atoms with Crippen LogP contribution in [0.1, 0.15) is 24.1 Å². The summed E-state index contributed by atoms with van der Waals surface area (Å²) in [6, 6.07) is 4.18. The summed E-state index contributed by atoms with van der Waals surface area (Å²) in [5, 5.41) is 0. The molecule has 1 atom stereocenters. The molecule has 0 fully saturated rings. The van der Waals surface area contributed by atoms with Crippen molar-refractivity contribution in [1.29, 1.82) is 0 Å². The molecule has 0 unspecified atom stereocenters. The molecule has 0 spiro atoms. The Bertz CT molecular complexity index is 338. The van der Waals surface area contributed by atoms with Gasteiger partial charge < -0.3 is 10.5 Å². The summed E-state index contributed by atoms with van der Waals surface area (Å²) < 4.78 is 6.77. The molecule has 0 aromatic heterocycles. The average molecular weight is 289 g/mol. The predicted octanol–water partition coefficient (Wildman–Crippen LogP) is 2.25. The lowest BCUT2D eigenvalue weighted by molar-refractivity contribution is 0.333. The normalized spacial score (nSPS) is 19.8. The van der Waals surface area contributed by atoms with Gasteiger partial charge in [0, 0.05) is 9.13 Å². The molecule has 0 saturated heterocycles. The van der Waals surface area contributed by atoms with Crippen molar-refractivity contribution in [2.75, 3.05) is 6.61 Å². The Hall–Kier alpha value is -0.290. The molecule has 0 radical (unpaired) electrons. The van der Waals surface area contributed by atoms with Crippen LogP contribution in [0.2, 0.25) is 0 Å². The first kappa shape index (κ1) is 9.27. The minimum atomic E-state index is 0.0691. The van der Waals surface area contributed by atoms with Gasteiger partial charge >= 0.3 is 0 Å². The minimum Gasteiger partial charge on any atom is -0.491 e. The number of halogens is 1. The molecule has 0 aliphatic carbocycles. The Morgan fingerprint density at radius 2 is 2.38 bits per heavy atom. The summed E-state index contributed by atoms with van der Waals surface area (Å²) in [6.45, 7) is 2.78. The van der Waals surface area contributed by atoms with E-state index < -0.39 is 0 Å². The average Bonchev–Trinajstić information content (AvgIpc) is 2.49. The first-order chi connectivity index (χ1) is 6.24. The third-order valence-electron chi connectivity index (χ3n) is 2.40. The molecule has 0 saturated carbocycles. The lowest BCUT2D eigenvalue weighted by atomic mass is 10.0. The summed E-state index contributed by atoms with van der Waals surface area (Å²) in [5.41, 5.74) is 8.53. The van der Waals surface area contributed by atoms with Crippen LogP contribution in [0.5, 0.6) is 5.75 Å². The number of ether oxygens (including phenoxy) is 1. The molecule has 0 bridgehead atoms. The van der Waals surface area contributed by atoms with Gasteiger partial charge in [-0.15, -0.1) is 0 Å². The maximum absolute atomic E-state index is 5.96. The van der Waals surface area contributed by atoms with Crippen LogP contribution in [0.25, 0.3) is 0 Å². The zero-order valence-electron chi connectivity index (χ0n) is 7.51. The fraction of sp³-hybridized carbons (Fsp3) is 0.400. The molecule has 13 heavy (non-hydrogen) atoms. The fourth-order valence-electron chi connectivity index (χ4n) is 1.77. The highest BCUT2D eigenvalue weighted by Gasteiger charge is 2.24. The van der Waals surface area contributed by atoms with Crippen LogP contribution < -0.4 is 10.5 Å². The number of nitrogens with two attached hydrogens (primary N) is 1. The molecule has 2 N–H and O–H groups in total. The molecule has 70 valence electrons. The summed E-state index contributed by atoms with van der Waals surface area (Å²) in [6.07, 6.45) is 1.03. The Balaban J connectivity index is 2.60. The van der Waals surface area contributed by atoms with Gasteiger partial charge in [-0.3, -0.25) is 0 Å². The Morgan fingerprint density at radius 1 is 1.62 bits per heavy atom. The van der Waals surface area contributed by atoms with Gasteiger partial charge in [-0.2, -0.15) is 0 Å². The van der Waals surface area contributed by atoms with E-state index in [4.69, 9.17) is 10.5 Å². The zero-order chi connectivity index (χ0) is 9.42. The van der Waals surface area contributed by atoms with Crippen molar-refractivity contribution in [2.45, 2.75) is 19.4 Å². The Morgan fingerprint density at radius 3 is 3.08 bits per heavy atom. The van der Waals surface area contributed by atoms with Gasteiger partial charge in [-0.1, -0.05) is 6.92 Å². The van der Waals surface area contributed by atoms with E-state index in [-0.39, 0.29) is 6.04 Å². The lowest BCUT2D eigenvalue weighted by Gasteiger charge is -2.09. The van der Waals surface area contributed by atoms with E-state index in [2.05, 4.69) is 35.6 Å². The summed E-state index contributed by atoms with van der Waals surface area (Å²) in [7, 11) is 0. The number of rotatable bonds is 1. The zero-order valence-corrected chi connectivity index (χ0v) is 9.67. The third-order valence-corrected chi connectivity index (χ3v) is 3.41. The quantitative estimate of drug-likeness (QED) is 0.805. The second kappa shape index (κ2) is 3.46. The SMILES string of the molecule is CCc1c(I)ccc2c1[C@@H](N)CO2. The van der Waals surface area contributed by atoms with Crippen LogP contribution in [-0.2, 0) is 6.42 Å². The standard InChI is InChI=1S/C10H12INO/c1-2-6-7(11)3-4-9-10(6)8(12)5-13-9/h3-4,8H,2,5,12H2,1H3/t8-/m0/s1. The van der Waals surface area contributed by atoms with Gasteiger partial charge in [0.1, 0.15) is 12.4 Å². The highest BCUT2D eigenvalue weighted by atomic mass is 127. The van der Waals surface area contributed by atoms with Gasteiger partial charge in [0.05, 0.1) is 6.04 Å². The topological polar surface area (TPSA) is 35.2 Å². The lowest BCUT2D eigenvalue weighted by Crippen LogP contribution is -2.12. The predicted molar refractivity (Wildman–Crippen MR) is 61.0 cm³/mol. The molecule has 3 heteroatoms. The molecule has 1 aromatic carbocycles. The Kier molecular flexibility index (Phi) is 2.47.